The van der Waals surface area contributed by atoms with E-state index < -0.39 is 9.84 Å². The molecule has 0 aliphatic carbocycles. The van der Waals surface area contributed by atoms with Gasteiger partial charge in [0.2, 0.25) is 0 Å². The molecule has 1 heterocycles. The van der Waals surface area contributed by atoms with Crippen LogP contribution in [0.5, 0.6) is 0 Å². The van der Waals surface area contributed by atoms with Gasteiger partial charge < -0.3 is 5.32 Å². The van der Waals surface area contributed by atoms with E-state index in [-0.39, 0.29) is 5.75 Å². The van der Waals surface area contributed by atoms with Crippen LogP contribution in [-0.4, -0.2) is 26.5 Å². The van der Waals surface area contributed by atoms with Crippen LogP contribution in [0.1, 0.15) is 42.5 Å². The van der Waals surface area contributed by atoms with Crippen LogP contribution in [0.25, 0.3) is 0 Å². The summed E-state index contributed by atoms with van der Waals surface area (Å²) in [6.45, 7) is 6.79. The highest BCUT2D eigenvalue weighted by Crippen LogP contribution is 2.26. The van der Waals surface area contributed by atoms with Crippen LogP contribution in [0.2, 0.25) is 0 Å². The molecule has 18 heavy (non-hydrogen) atoms. The van der Waals surface area contributed by atoms with Crippen LogP contribution in [0.15, 0.2) is 12.1 Å². The Morgan fingerprint density at radius 3 is 2.56 bits per heavy atom. The lowest BCUT2D eigenvalue weighted by molar-refractivity contribution is 0.513. The summed E-state index contributed by atoms with van der Waals surface area (Å²) in [5.41, 5.74) is 0. The topological polar surface area (TPSA) is 46.2 Å². The van der Waals surface area contributed by atoms with Crippen LogP contribution in [0.4, 0.5) is 0 Å². The second-order valence-corrected chi connectivity index (χ2v) is 8.23. The standard InChI is InChI=1S/C13H23NO2S2/c1-4-14-12(13-9-8-11(3)17-13)7-6-10-18(15,16)5-2/h8-9,12,14H,4-7,10H2,1-3H3. The predicted molar refractivity (Wildman–Crippen MR) is 79.0 cm³/mol. The summed E-state index contributed by atoms with van der Waals surface area (Å²) < 4.78 is 22.9. The normalized spacial score (nSPS) is 13.7. The highest BCUT2D eigenvalue weighted by atomic mass is 32.2. The van der Waals surface area contributed by atoms with Crippen LogP contribution < -0.4 is 5.32 Å². The van der Waals surface area contributed by atoms with E-state index in [0.717, 1.165) is 19.4 Å². The predicted octanol–water partition coefficient (Wildman–Crippen LogP) is 2.92. The van der Waals surface area contributed by atoms with Crippen molar-refractivity contribution in [1.29, 1.82) is 0 Å². The van der Waals surface area contributed by atoms with Crippen LogP contribution in [0, 0.1) is 6.92 Å². The molecule has 1 atom stereocenters. The van der Waals surface area contributed by atoms with Crippen molar-refractivity contribution in [3.05, 3.63) is 21.9 Å². The quantitative estimate of drug-likeness (QED) is 0.800. The van der Waals surface area contributed by atoms with Gasteiger partial charge in [0.05, 0.1) is 5.75 Å². The van der Waals surface area contributed by atoms with E-state index in [1.807, 2.05) is 0 Å². The molecule has 0 saturated heterocycles. The molecule has 3 nitrogen and oxygen atoms in total. The maximum Gasteiger partial charge on any atom is 0.150 e. The molecule has 0 aliphatic rings. The number of aryl methyl sites for hydroxylation is 1. The minimum absolute atomic E-state index is 0.247. The number of nitrogens with one attached hydrogen (secondary N) is 1. The number of hydrogen-bond donors (Lipinski definition) is 1. The molecular weight excluding hydrogens is 266 g/mol. The highest BCUT2D eigenvalue weighted by Gasteiger charge is 2.14. The van der Waals surface area contributed by atoms with Gasteiger partial charge in [0.1, 0.15) is 9.84 Å². The molecule has 1 aromatic rings. The van der Waals surface area contributed by atoms with Gasteiger partial charge in [0, 0.05) is 21.5 Å². The van der Waals surface area contributed by atoms with E-state index in [2.05, 4.69) is 31.3 Å². The third kappa shape index (κ3) is 5.08. The molecule has 0 aliphatic heterocycles. The summed E-state index contributed by atoms with van der Waals surface area (Å²) in [4.78, 5) is 2.61. The Morgan fingerprint density at radius 2 is 2.06 bits per heavy atom. The fraction of sp³-hybridized carbons (Fsp3) is 0.692. The summed E-state index contributed by atoms with van der Waals surface area (Å²) in [5.74, 6) is 0.548. The SMILES string of the molecule is CCNC(CCCS(=O)(=O)CC)c1ccc(C)s1. The molecule has 5 heteroatoms. The largest absolute Gasteiger partial charge is 0.310 e. The van der Waals surface area contributed by atoms with Crippen molar-refractivity contribution in [3.8, 4) is 0 Å². The molecular formula is C13H23NO2S2. The van der Waals surface area contributed by atoms with Gasteiger partial charge in [-0.3, -0.25) is 0 Å². The molecule has 104 valence electrons. The average molecular weight is 289 g/mol. The van der Waals surface area contributed by atoms with Crippen LogP contribution >= 0.6 is 11.3 Å². The Kier molecular flexibility index (Phi) is 6.32. The Bertz CT molecular complexity index is 451. The van der Waals surface area contributed by atoms with Gasteiger partial charge in [0.15, 0.2) is 0 Å². The van der Waals surface area contributed by atoms with E-state index in [1.165, 1.54) is 9.75 Å². The Hall–Kier alpha value is -0.390. The Morgan fingerprint density at radius 1 is 1.33 bits per heavy atom. The Balaban J connectivity index is 2.54. The summed E-state index contributed by atoms with van der Waals surface area (Å²) >= 11 is 1.79. The summed E-state index contributed by atoms with van der Waals surface area (Å²) in [5, 5.41) is 3.43. The van der Waals surface area contributed by atoms with Crippen molar-refractivity contribution >= 4 is 21.2 Å². The first-order valence-corrected chi connectivity index (χ1v) is 9.12. The molecule has 1 rings (SSSR count). The van der Waals surface area contributed by atoms with E-state index in [9.17, 15) is 8.42 Å². The van der Waals surface area contributed by atoms with Gasteiger partial charge in [0.25, 0.3) is 0 Å². The van der Waals surface area contributed by atoms with E-state index in [0.29, 0.717) is 11.8 Å². The second kappa shape index (κ2) is 7.26. The summed E-state index contributed by atoms with van der Waals surface area (Å²) in [6.07, 6.45) is 1.61. The average Bonchev–Trinajstić information content (AvgIpc) is 2.74. The number of thiophene rings is 1. The number of rotatable bonds is 8. The van der Waals surface area contributed by atoms with Crippen molar-refractivity contribution in [2.75, 3.05) is 18.1 Å². The third-order valence-corrected chi connectivity index (χ3v) is 5.85. The van der Waals surface area contributed by atoms with Gasteiger partial charge in [-0.25, -0.2) is 8.42 Å². The lowest BCUT2D eigenvalue weighted by atomic mass is 10.1. The van der Waals surface area contributed by atoms with E-state index in [4.69, 9.17) is 0 Å². The van der Waals surface area contributed by atoms with Gasteiger partial charge in [-0.1, -0.05) is 13.8 Å². The number of sulfone groups is 1. The van der Waals surface area contributed by atoms with Gasteiger partial charge >= 0.3 is 0 Å². The van der Waals surface area contributed by atoms with Crippen molar-refractivity contribution in [1.82, 2.24) is 5.32 Å². The number of hydrogen-bond acceptors (Lipinski definition) is 4. The van der Waals surface area contributed by atoms with Crippen molar-refractivity contribution in [2.45, 2.75) is 39.7 Å². The van der Waals surface area contributed by atoms with Crippen LogP contribution in [-0.2, 0) is 9.84 Å². The van der Waals surface area contributed by atoms with Crippen molar-refractivity contribution in [2.24, 2.45) is 0 Å². The molecule has 1 aromatic heterocycles. The zero-order chi connectivity index (χ0) is 13.6. The molecule has 0 spiro atoms. The zero-order valence-corrected chi connectivity index (χ0v) is 13.0. The first kappa shape index (κ1) is 15.7. The smallest absolute Gasteiger partial charge is 0.150 e. The third-order valence-electron chi connectivity index (χ3n) is 2.94. The highest BCUT2D eigenvalue weighted by molar-refractivity contribution is 7.91. The lowest BCUT2D eigenvalue weighted by Crippen LogP contribution is -2.21. The van der Waals surface area contributed by atoms with Gasteiger partial charge in [-0.2, -0.15) is 0 Å². The minimum Gasteiger partial charge on any atom is -0.310 e. The Labute approximate surface area is 115 Å². The van der Waals surface area contributed by atoms with Gasteiger partial charge in [-0.15, -0.1) is 11.3 Å². The molecule has 0 amide bonds. The molecule has 0 radical (unpaired) electrons. The molecule has 1 unspecified atom stereocenters. The van der Waals surface area contributed by atoms with E-state index in [1.54, 1.807) is 18.3 Å². The molecule has 0 saturated carbocycles. The summed E-state index contributed by atoms with van der Waals surface area (Å²) in [6, 6.07) is 4.55. The monoisotopic (exact) mass is 289 g/mol. The summed E-state index contributed by atoms with van der Waals surface area (Å²) in [7, 11) is -2.83. The fourth-order valence-corrected chi connectivity index (χ4v) is 3.77. The zero-order valence-electron chi connectivity index (χ0n) is 11.4. The van der Waals surface area contributed by atoms with E-state index >= 15 is 0 Å². The fourth-order valence-electron chi connectivity index (χ4n) is 1.88. The molecule has 1 N–H and O–H groups in total. The van der Waals surface area contributed by atoms with Crippen molar-refractivity contribution in [3.63, 3.8) is 0 Å². The lowest BCUT2D eigenvalue weighted by Gasteiger charge is -2.16. The molecule has 0 aromatic carbocycles. The molecule has 0 bridgehead atoms. The van der Waals surface area contributed by atoms with Crippen molar-refractivity contribution < 1.29 is 8.42 Å². The van der Waals surface area contributed by atoms with Crippen LogP contribution in [0.3, 0.4) is 0 Å². The first-order chi connectivity index (χ1) is 8.48. The second-order valence-electron chi connectivity index (χ2n) is 4.44. The maximum atomic E-state index is 11.5. The maximum absolute atomic E-state index is 11.5. The first-order valence-electron chi connectivity index (χ1n) is 6.48. The minimum atomic E-state index is -2.83. The molecule has 0 fully saturated rings. The van der Waals surface area contributed by atoms with Gasteiger partial charge in [-0.05, 0) is 38.4 Å².